The molecule has 0 radical (unpaired) electrons. The van der Waals surface area contributed by atoms with Gasteiger partial charge in [0.2, 0.25) is 0 Å². The zero-order chi connectivity index (χ0) is 12.4. The predicted octanol–water partition coefficient (Wildman–Crippen LogP) is 1.83. The molecule has 94 valence electrons. The highest BCUT2D eigenvalue weighted by atomic mass is 79.9. The van der Waals surface area contributed by atoms with Crippen molar-refractivity contribution in [2.75, 3.05) is 33.2 Å². The monoisotopic (exact) mass is 302 g/mol. The Balaban J connectivity index is 2.11. The number of piperazine rings is 1. The van der Waals surface area contributed by atoms with E-state index in [0.29, 0.717) is 10.0 Å². The van der Waals surface area contributed by atoms with Gasteiger partial charge in [-0.05, 0) is 19.2 Å². The van der Waals surface area contributed by atoms with Gasteiger partial charge < -0.3 is 10.0 Å². The first kappa shape index (κ1) is 13.0. The van der Waals surface area contributed by atoms with Gasteiger partial charge in [0.1, 0.15) is 12.0 Å². The molecule has 5 heteroatoms. The molecule has 1 saturated heterocycles. The van der Waals surface area contributed by atoms with E-state index in [1.165, 1.54) is 6.07 Å². The van der Waals surface area contributed by atoms with Gasteiger partial charge in [-0.1, -0.05) is 22.0 Å². The Kier molecular flexibility index (Phi) is 4.14. The molecule has 0 spiro atoms. The summed E-state index contributed by atoms with van der Waals surface area (Å²) in [5.41, 5.74) is 0.345. The average molecular weight is 303 g/mol. The molecule has 0 saturated carbocycles. The van der Waals surface area contributed by atoms with E-state index in [2.05, 4.69) is 20.8 Å². The highest BCUT2D eigenvalue weighted by molar-refractivity contribution is 9.10. The van der Waals surface area contributed by atoms with Gasteiger partial charge in [-0.3, -0.25) is 4.90 Å². The quantitative estimate of drug-likeness (QED) is 0.903. The molecule has 1 unspecified atom stereocenters. The van der Waals surface area contributed by atoms with Crippen LogP contribution in [0.2, 0.25) is 0 Å². The summed E-state index contributed by atoms with van der Waals surface area (Å²) in [5, 5.41) is 10.2. The van der Waals surface area contributed by atoms with E-state index >= 15 is 0 Å². The van der Waals surface area contributed by atoms with Gasteiger partial charge >= 0.3 is 0 Å². The summed E-state index contributed by atoms with van der Waals surface area (Å²) in [4.78, 5) is 4.09. The molecule has 1 aromatic carbocycles. The summed E-state index contributed by atoms with van der Waals surface area (Å²) in [6, 6.07) is 4.76. The Morgan fingerprint density at radius 1 is 1.29 bits per heavy atom. The van der Waals surface area contributed by atoms with Crippen LogP contribution < -0.4 is 0 Å². The van der Waals surface area contributed by atoms with Gasteiger partial charge in [0.15, 0.2) is 0 Å². The molecule has 1 aliphatic heterocycles. The van der Waals surface area contributed by atoms with Crippen molar-refractivity contribution in [2.24, 2.45) is 0 Å². The number of aliphatic hydroxyl groups is 1. The van der Waals surface area contributed by atoms with Crippen LogP contribution in [-0.4, -0.2) is 48.1 Å². The van der Waals surface area contributed by atoms with Crippen molar-refractivity contribution in [1.29, 1.82) is 0 Å². The van der Waals surface area contributed by atoms with Gasteiger partial charge in [-0.25, -0.2) is 4.39 Å². The summed E-state index contributed by atoms with van der Waals surface area (Å²) in [6.45, 7) is 3.31. The third-order valence-electron chi connectivity index (χ3n) is 3.12. The number of rotatable bonds is 2. The first-order valence-electron chi connectivity index (χ1n) is 5.63. The molecule has 1 heterocycles. The summed E-state index contributed by atoms with van der Waals surface area (Å²) in [6.07, 6.45) is -0.850. The minimum atomic E-state index is -0.850. The van der Waals surface area contributed by atoms with Crippen LogP contribution in [0.5, 0.6) is 0 Å². The van der Waals surface area contributed by atoms with Gasteiger partial charge in [0.05, 0.1) is 0 Å². The lowest BCUT2D eigenvalue weighted by atomic mass is 10.1. The maximum absolute atomic E-state index is 13.7. The van der Waals surface area contributed by atoms with Crippen molar-refractivity contribution in [3.05, 3.63) is 34.1 Å². The second kappa shape index (κ2) is 5.44. The summed E-state index contributed by atoms with van der Waals surface area (Å²) in [5.74, 6) is -0.370. The van der Waals surface area contributed by atoms with Crippen LogP contribution in [0.3, 0.4) is 0 Å². The fourth-order valence-electron chi connectivity index (χ4n) is 1.97. The van der Waals surface area contributed by atoms with Crippen LogP contribution in [0.25, 0.3) is 0 Å². The number of hydrogen-bond donors (Lipinski definition) is 1. The highest BCUT2D eigenvalue weighted by Gasteiger charge is 2.23. The van der Waals surface area contributed by atoms with Crippen molar-refractivity contribution >= 4 is 15.9 Å². The van der Waals surface area contributed by atoms with E-state index in [-0.39, 0.29) is 5.82 Å². The molecular formula is C12H16BrFN2O. The molecule has 17 heavy (non-hydrogen) atoms. The van der Waals surface area contributed by atoms with Crippen molar-refractivity contribution in [3.63, 3.8) is 0 Å². The maximum atomic E-state index is 13.7. The SMILES string of the molecule is CN1CCN(C(O)c2ccc(Br)cc2F)CC1. The molecule has 2 rings (SSSR count). The first-order chi connectivity index (χ1) is 8.08. The molecule has 0 aliphatic carbocycles. The highest BCUT2D eigenvalue weighted by Crippen LogP contribution is 2.24. The van der Waals surface area contributed by atoms with Crippen LogP contribution in [-0.2, 0) is 0 Å². The number of benzene rings is 1. The fraction of sp³-hybridized carbons (Fsp3) is 0.500. The molecule has 1 N–H and O–H groups in total. The molecule has 0 amide bonds. The molecule has 1 fully saturated rings. The fourth-order valence-corrected chi connectivity index (χ4v) is 2.31. The van der Waals surface area contributed by atoms with Crippen molar-refractivity contribution in [2.45, 2.75) is 6.23 Å². The van der Waals surface area contributed by atoms with E-state index in [9.17, 15) is 9.50 Å². The zero-order valence-corrected chi connectivity index (χ0v) is 11.3. The van der Waals surface area contributed by atoms with Crippen LogP contribution in [0.1, 0.15) is 11.8 Å². The molecular weight excluding hydrogens is 287 g/mol. The summed E-state index contributed by atoms with van der Waals surface area (Å²) >= 11 is 3.21. The number of aliphatic hydroxyl groups excluding tert-OH is 1. The lowest BCUT2D eigenvalue weighted by molar-refractivity contribution is -0.0253. The number of hydrogen-bond acceptors (Lipinski definition) is 3. The number of nitrogens with zero attached hydrogens (tertiary/aromatic N) is 2. The third kappa shape index (κ3) is 3.04. The Hall–Kier alpha value is -0.490. The molecule has 1 aromatic rings. The van der Waals surface area contributed by atoms with E-state index in [4.69, 9.17) is 0 Å². The van der Waals surface area contributed by atoms with E-state index in [0.717, 1.165) is 26.2 Å². The van der Waals surface area contributed by atoms with Crippen LogP contribution in [0.15, 0.2) is 22.7 Å². The van der Waals surface area contributed by atoms with Gasteiger partial charge in [-0.2, -0.15) is 0 Å². The lowest BCUT2D eigenvalue weighted by Crippen LogP contribution is -2.46. The second-order valence-electron chi connectivity index (χ2n) is 4.38. The molecule has 0 aromatic heterocycles. The zero-order valence-electron chi connectivity index (χ0n) is 9.74. The van der Waals surface area contributed by atoms with Crippen LogP contribution in [0, 0.1) is 5.82 Å². The first-order valence-corrected chi connectivity index (χ1v) is 6.43. The Morgan fingerprint density at radius 3 is 2.53 bits per heavy atom. The predicted molar refractivity (Wildman–Crippen MR) is 68.1 cm³/mol. The van der Waals surface area contributed by atoms with Gasteiger partial charge in [0, 0.05) is 36.2 Å². The summed E-state index contributed by atoms with van der Waals surface area (Å²) < 4.78 is 14.4. The van der Waals surface area contributed by atoms with E-state index in [1.807, 2.05) is 11.9 Å². The topological polar surface area (TPSA) is 26.7 Å². The minimum Gasteiger partial charge on any atom is -0.374 e. The second-order valence-corrected chi connectivity index (χ2v) is 5.29. The standard InChI is InChI=1S/C12H16BrFN2O/c1-15-4-6-16(7-5-15)12(17)10-3-2-9(13)8-11(10)14/h2-3,8,12,17H,4-7H2,1H3. The van der Waals surface area contributed by atoms with Gasteiger partial charge in [0.25, 0.3) is 0 Å². The molecule has 1 atom stereocenters. The molecule has 3 nitrogen and oxygen atoms in total. The van der Waals surface area contributed by atoms with Crippen molar-refractivity contribution < 1.29 is 9.50 Å². The molecule has 0 bridgehead atoms. The Bertz CT molecular complexity index is 394. The van der Waals surface area contributed by atoms with Gasteiger partial charge in [-0.15, -0.1) is 0 Å². The van der Waals surface area contributed by atoms with Crippen molar-refractivity contribution in [1.82, 2.24) is 9.80 Å². The lowest BCUT2D eigenvalue weighted by Gasteiger charge is -2.35. The normalized spacial score (nSPS) is 20.5. The largest absolute Gasteiger partial charge is 0.374 e. The maximum Gasteiger partial charge on any atom is 0.136 e. The summed E-state index contributed by atoms with van der Waals surface area (Å²) in [7, 11) is 2.05. The van der Waals surface area contributed by atoms with Crippen LogP contribution >= 0.6 is 15.9 Å². The van der Waals surface area contributed by atoms with Crippen LogP contribution in [0.4, 0.5) is 4.39 Å². The smallest absolute Gasteiger partial charge is 0.136 e. The average Bonchev–Trinajstić information content (AvgIpc) is 2.29. The molecule has 1 aliphatic rings. The Labute approximate surface area is 109 Å². The number of likely N-dealkylation sites (N-methyl/N-ethyl adjacent to an activating group) is 1. The minimum absolute atomic E-state index is 0.345. The van der Waals surface area contributed by atoms with E-state index in [1.54, 1.807) is 12.1 Å². The Morgan fingerprint density at radius 2 is 1.94 bits per heavy atom. The number of halogens is 2. The van der Waals surface area contributed by atoms with E-state index < -0.39 is 6.23 Å². The third-order valence-corrected chi connectivity index (χ3v) is 3.62. The van der Waals surface area contributed by atoms with Crippen molar-refractivity contribution in [3.8, 4) is 0 Å².